The number of aliphatic hydroxyl groups excluding tert-OH is 11. The quantitative estimate of drug-likeness (QED) is 0.154. The van der Waals surface area contributed by atoms with Crippen molar-refractivity contribution >= 4 is 0 Å². The van der Waals surface area contributed by atoms with Crippen molar-refractivity contribution in [2.24, 2.45) is 0 Å². The average Bonchev–Trinajstić information content (AvgIpc) is 2.82. The Hall–Kier alpha value is -0.640. The topological polar surface area (TPSA) is 269 Å². The summed E-state index contributed by atoms with van der Waals surface area (Å²) in [5, 5.41) is 109. The fourth-order valence-corrected chi connectivity index (χ4v) is 3.94. The summed E-state index contributed by atoms with van der Waals surface area (Å²) >= 11 is 0. The molecule has 34 heavy (non-hydrogen) atoms. The molecule has 0 unspecified atom stereocenters. The molecule has 0 aromatic rings. The largest absolute Gasteiger partial charge is 0.394 e. The van der Waals surface area contributed by atoms with E-state index >= 15 is 0 Å². The first-order chi connectivity index (χ1) is 16.0. The van der Waals surface area contributed by atoms with Crippen molar-refractivity contribution in [3.8, 4) is 0 Å². The van der Waals surface area contributed by atoms with E-state index in [4.69, 9.17) is 23.7 Å². The van der Waals surface area contributed by atoms with Crippen molar-refractivity contribution in [2.45, 2.75) is 92.1 Å². The number of rotatable bonds is 7. The molecule has 3 aliphatic rings. The minimum Gasteiger partial charge on any atom is -0.394 e. The van der Waals surface area contributed by atoms with Gasteiger partial charge in [0.15, 0.2) is 18.9 Å². The van der Waals surface area contributed by atoms with E-state index in [2.05, 4.69) is 0 Å². The molecule has 3 rings (SSSR count). The van der Waals surface area contributed by atoms with Gasteiger partial charge in [0.05, 0.1) is 19.8 Å². The Bertz CT molecular complexity index is 639. The molecule has 3 saturated heterocycles. The summed E-state index contributed by atoms with van der Waals surface area (Å²) in [6.07, 6.45) is -25.0. The molecule has 0 aliphatic carbocycles. The van der Waals surface area contributed by atoms with Crippen LogP contribution in [0.3, 0.4) is 0 Å². The molecule has 16 heteroatoms. The van der Waals surface area contributed by atoms with Gasteiger partial charge in [-0.2, -0.15) is 0 Å². The molecule has 0 aromatic heterocycles. The Balaban J connectivity index is 1.66. The Morgan fingerprint density at radius 2 is 1.00 bits per heavy atom. The maximum Gasteiger partial charge on any atom is 0.187 e. The van der Waals surface area contributed by atoms with E-state index in [1.54, 1.807) is 0 Å². The van der Waals surface area contributed by atoms with Gasteiger partial charge in [0, 0.05) is 0 Å². The van der Waals surface area contributed by atoms with Gasteiger partial charge >= 0.3 is 0 Å². The zero-order valence-corrected chi connectivity index (χ0v) is 17.7. The predicted octanol–water partition coefficient (Wildman–Crippen LogP) is -7.57. The molecule has 16 nitrogen and oxygen atoms in total. The molecular weight excluding hydrogens is 472 g/mol. The normalized spacial score (nSPS) is 52.5. The number of aliphatic hydroxyl groups is 11. The molecule has 3 aliphatic heterocycles. The van der Waals surface area contributed by atoms with Crippen LogP contribution in [0.4, 0.5) is 0 Å². The SMILES string of the molecule is OC[C@H]1O[C@H](OC[C@H]2O[C@H](O[C@@H]3[C@@H](O)[C@H](O)O[C@H](CO)[C@H]3O)[C@H](O)[C@@H](O)[C@@H]2O)[C@H](O)[C@@H](O)[C@@H]1O. The maximum absolute atomic E-state index is 10.3. The van der Waals surface area contributed by atoms with Crippen LogP contribution in [0.15, 0.2) is 0 Å². The zero-order valence-electron chi connectivity index (χ0n) is 17.7. The van der Waals surface area contributed by atoms with Gasteiger partial charge < -0.3 is 79.9 Å². The smallest absolute Gasteiger partial charge is 0.187 e. The summed E-state index contributed by atoms with van der Waals surface area (Å²) in [6, 6.07) is 0. The van der Waals surface area contributed by atoms with E-state index in [0.717, 1.165) is 0 Å². The van der Waals surface area contributed by atoms with Crippen LogP contribution in [0.2, 0.25) is 0 Å². The molecule has 11 N–H and O–H groups in total. The van der Waals surface area contributed by atoms with E-state index in [0.29, 0.717) is 0 Å². The molecule has 0 saturated carbocycles. The Labute approximate surface area is 192 Å². The van der Waals surface area contributed by atoms with Crippen molar-refractivity contribution in [1.29, 1.82) is 0 Å². The lowest BCUT2D eigenvalue weighted by molar-refractivity contribution is -0.362. The summed E-state index contributed by atoms with van der Waals surface area (Å²) in [5.41, 5.74) is 0. The lowest BCUT2D eigenvalue weighted by Crippen LogP contribution is -2.65. The van der Waals surface area contributed by atoms with Crippen LogP contribution >= 0.6 is 0 Å². The molecule has 0 bridgehead atoms. The van der Waals surface area contributed by atoms with Gasteiger partial charge in [-0.05, 0) is 0 Å². The molecular formula is C18H32O16. The number of hydrogen-bond acceptors (Lipinski definition) is 16. The second-order valence-electron chi connectivity index (χ2n) is 8.37. The predicted molar refractivity (Wildman–Crippen MR) is 101 cm³/mol. The first-order valence-electron chi connectivity index (χ1n) is 10.6. The van der Waals surface area contributed by atoms with Crippen molar-refractivity contribution in [1.82, 2.24) is 0 Å². The first-order valence-corrected chi connectivity index (χ1v) is 10.6. The average molecular weight is 504 g/mol. The Morgan fingerprint density at radius 3 is 1.59 bits per heavy atom. The minimum atomic E-state index is -1.88. The van der Waals surface area contributed by atoms with Gasteiger partial charge in [-0.1, -0.05) is 0 Å². The van der Waals surface area contributed by atoms with Crippen molar-refractivity contribution in [2.75, 3.05) is 19.8 Å². The molecule has 200 valence electrons. The van der Waals surface area contributed by atoms with E-state index in [1.165, 1.54) is 0 Å². The third-order valence-corrected chi connectivity index (χ3v) is 6.07. The summed E-state index contributed by atoms with van der Waals surface area (Å²) in [5.74, 6) is 0. The van der Waals surface area contributed by atoms with Crippen LogP contribution in [0.5, 0.6) is 0 Å². The lowest BCUT2D eigenvalue weighted by Gasteiger charge is -2.45. The van der Waals surface area contributed by atoms with Gasteiger partial charge in [0.1, 0.15) is 73.2 Å². The second kappa shape index (κ2) is 11.6. The van der Waals surface area contributed by atoms with Crippen molar-refractivity contribution < 1.29 is 79.9 Å². The molecule has 0 spiro atoms. The summed E-state index contributed by atoms with van der Waals surface area (Å²) in [4.78, 5) is 0. The van der Waals surface area contributed by atoms with Crippen LogP contribution in [-0.2, 0) is 23.7 Å². The third-order valence-electron chi connectivity index (χ3n) is 6.07. The molecule has 0 radical (unpaired) electrons. The molecule has 0 aromatic carbocycles. The molecule has 15 atom stereocenters. The lowest BCUT2D eigenvalue weighted by atomic mass is 9.97. The fraction of sp³-hybridized carbons (Fsp3) is 1.00. The maximum atomic E-state index is 10.3. The number of ether oxygens (including phenoxy) is 5. The standard InChI is InChI=1S/C18H32O16/c19-1-4-7(21)10(24)12(26)17(32-4)30-3-6-8(22)11(25)13(27)18(33-6)34-15-9(23)5(2-20)31-16(29)14(15)28/h4-29H,1-3H2/t4-,5-,6-,7-,8-,9-,10+,11+,12-,13-,14-,15+,16-,17+,18-/m1/s1. The number of hydrogen-bond donors (Lipinski definition) is 11. The van der Waals surface area contributed by atoms with Gasteiger partial charge in [-0.25, -0.2) is 0 Å². The first kappa shape index (κ1) is 27.9. The molecule has 3 fully saturated rings. The van der Waals surface area contributed by atoms with Crippen LogP contribution in [0, 0.1) is 0 Å². The van der Waals surface area contributed by atoms with Crippen LogP contribution in [0.25, 0.3) is 0 Å². The summed E-state index contributed by atoms with van der Waals surface area (Å²) in [7, 11) is 0. The monoisotopic (exact) mass is 504 g/mol. The summed E-state index contributed by atoms with van der Waals surface area (Å²) < 4.78 is 26.1. The third kappa shape index (κ3) is 5.52. The highest BCUT2D eigenvalue weighted by Gasteiger charge is 2.51. The molecule has 0 amide bonds. The highest BCUT2D eigenvalue weighted by atomic mass is 16.7. The summed E-state index contributed by atoms with van der Waals surface area (Å²) in [6.45, 7) is -2.06. The van der Waals surface area contributed by atoms with E-state index in [-0.39, 0.29) is 0 Å². The van der Waals surface area contributed by atoms with Crippen LogP contribution < -0.4 is 0 Å². The fourth-order valence-electron chi connectivity index (χ4n) is 3.94. The highest BCUT2D eigenvalue weighted by molar-refractivity contribution is 4.94. The van der Waals surface area contributed by atoms with E-state index in [1.807, 2.05) is 0 Å². The van der Waals surface area contributed by atoms with Gasteiger partial charge in [0.2, 0.25) is 0 Å². The van der Waals surface area contributed by atoms with Crippen LogP contribution in [-0.4, -0.2) is 168 Å². The Morgan fingerprint density at radius 1 is 0.500 bits per heavy atom. The Kier molecular flexibility index (Phi) is 9.54. The highest BCUT2D eigenvalue weighted by Crippen LogP contribution is 2.29. The second-order valence-corrected chi connectivity index (χ2v) is 8.37. The van der Waals surface area contributed by atoms with Gasteiger partial charge in [-0.15, -0.1) is 0 Å². The van der Waals surface area contributed by atoms with Crippen molar-refractivity contribution in [3.63, 3.8) is 0 Å². The van der Waals surface area contributed by atoms with E-state index in [9.17, 15) is 56.2 Å². The van der Waals surface area contributed by atoms with Crippen LogP contribution in [0.1, 0.15) is 0 Å². The van der Waals surface area contributed by atoms with E-state index < -0.39 is 112 Å². The van der Waals surface area contributed by atoms with Gasteiger partial charge in [-0.3, -0.25) is 0 Å². The zero-order chi connectivity index (χ0) is 25.3. The van der Waals surface area contributed by atoms with Crippen molar-refractivity contribution in [3.05, 3.63) is 0 Å². The molecule has 3 heterocycles. The minimum absolute atomic E-state index is 0.617. The van der Waals surface area contributed by atoms with Gasteiger partial charge in [0.25, 0.3) is 0 Å².